The molecule has 0 spiro atoms. The predicted molar refractivity (Wildman–Crippen MR) is 84.5 cm³/mol. The van der Waals surface area contributed by atoms with Gasteiger partial charge in [-0.05, 0) is 24.1 Å². The van der Waals surface area contributed by atoms with E-state index >= 15 is 0 Å². The first-order chi connectivity index (χ1) is 10.8. The summed E-state index contributed by atoms with van der Waals surface area (Å²) in [4.78, 5) is 0. The van der Waals surface area contributed by atoms with Crippen LogP contribution in [0.3, 0.4) is 0 Å². The van der Waals surface area contributed by atoms with Crippen molar-refractivity contribution in [2.24, 2.45) is 0 Å². The Bertz CT molecular complexity index is 594. The van der Waals surface area contributed by atoms with Gasteiger partial charge in [-0.3, -0.25) is 0 Å². The molecule has 0 aromatic heterocycles. The van der Waals surface area contributed by atoms with Crippen LogP contribution in [0.25, 0.3) is 0 Å². The summed E-state index contributed by atoms with van der Waals surface area (Å²) in [5.74, 6) is -0.719. The molecular formula is C18H18ClFO2. The number of rotatable bonds is 5. The van der Waals surface area contributed by atoms with Crippen LogP contribution < -0.4 is 0 Å². The average Bonchev–Trinajstić information content (AvgIpc) is 3.05. The molecule has 22 heavy (non-hydrogen) atoms. The van der Waals surface area contributed by atoms with E-state index in [0.29, 0.717) is 25.5 Å². The van der Waals surface area contributed by atoms with E-state index in [-0.39, 0.29) is 11.7 Å². The van der Waals surface area contributed by atoms with Crippen LogP contribution in [0, 0.1) is 5.82 Å². The summed E-state index contributed by atoms with van der Waals surface area (Å²) in [5, 5.41) is 0. The van der Waals surface area contributed by atoms with Crippen molar-refractivity contribution in [1.82, 2.24) is 0 Å². The lowest BCUT2D eigenvalue weighted by Crippen LogP contribution is -2.35. The van der Waals surface area contributed by atoms with Gasteiger partial charge in [-0.15, -0.1) is 11.6 Å². The lowest BCUT2D eigenvalue weighted by Gasteiger charge is -2.36. The van der Waals surface area contributed by atoms with Gasteiger partial charge in [0.15, 0.2) is 0 Å². The number of hydrogen-bond acceptors (Lipinski definition) is 2. The third-order valence-electron chi connectivity index (χ3n) is 4.02. The molecule has 2 aromatic rings. The molecule has 0 radical (unpaired) electrons. The first kappa shape index (κ1) is 15.5. The Morgan fingerprint density at radius 3 is 2.23 bits per heavy atom. The van der Waals surface area contributed by atoms with Crippen molar-refractivity contribution in [3.8, 4) is 0 Å². The third kappa shape index (κ3) is 2.89. The van der Waals surface area contributed by atoms with Crippen molar-refractivity contribution in [1.29, 1.82) is 0 Å². The Labute approximate surface area is 134 Å². The maximum atomic E-state index is 13.2. The normalized spacial score (nSPS) is 18.3. The SMILES string of the molecule is Fc1ccc(C(CCCl)C2(c3ccccc3)OCCO2)cc1. The van der Waals surface area contributed by atoms with Crippen LogP contribution in [-0.4, -0.2) is 19.1 Å². The Morgan fingerprint density at radius 2 is 1.64 bits per heavy atom. The molecule has 0 saturated carbocycles. The maximum Gasteiger partial charge on any atom is 0.202 e. The summed E-state index contributed by atoms with van der Waals surface area (Å²) >= 11 is 6.02. The molecular weight excluding hydrogens is 303 g/mol. The van der Waals surface area contributed by atoms with Crippen LogP contribution in [0.4, 0.5) is 4.39 Å². The van der Waals surface area contributed by atoms with Gasteiger partial charge in [-0.1, -0.05) is 42.5 Å². The summed E-state index contributed by atoms with van der Waals surface area (Å²) in [6, 6.07) is 16.4. The van der Waals surface area contributed by atoms with E-state index in [0.717, 1.165) is 11.1 Å². The van der Waals surface area contributed by atoms with Gasteiger partial charge >= 0.3 is 0 Å². The van der Waals surface area contributed by atoms with Gasteiger partial charge in [0.05, 0.1) is 13.2 Å². The fourth-order valence-electron chi connectivity index (χ4n) is 3.05. The Kier molecular flexibility index (Phi) is 4.77. The highest BCUT2D eigenvalue weighted by atomic mass is 35.5. The zero-order valence-electron chi connectivity index (χ0n) is 12.2. The summed E-state index contributed by atoms with van der Waals surface area (Å²) in [6.07, 6.45) is 0.683. The zero-order valence-corrected chi connectivity index (χ0v) is 12.9. The second-order valence-electron chi connectivity index (χ2n) is 5.31. The van der Waals surface area contributed by atoms with E-state index in [2.05, 4.69) is 0 Å². The Morgan fingerprint density at radius 1 is 1.00 bits per heavy atom. The second-order valence-corrected chi connectivity index (χ2v) is 5.69. The molecule has 4 heteroatoms. The molecule has 0 bridgehead atoms. The minimum Gasteiger partial charge on any atom is -0.343 e. The number of ether oxygens (including phenoxy) is 2. The van der Waals surface area contributed by atoms with Crippen molar-refractivity contribution in [2.75, 3.05) is 19.1 Å². The van der Waals surface area contributed by atoms with Crippen LogP contribution >= 0.6 is 11.6 Å². The van der Waals surface area contributed by atoms with Gasteiger partial charge in [-0.25, -0.2) is 4.39 Å². The van der Waals surface area contributed by atoms with Crippen molar-refractivity contribution >= 4 is 11.6 Å². The van der Waals surface area contributed by atoms with Crippen molar-refractivity contribution < 1.29 is 13.9 Å². The topological polar surface area (TPSA) is 18.5 Å². The van der Waals surface area contributed by atoms with Gasteiger partial charge in [-0.2, -0.15) is 0 Å². The fourth-order valence-corrected chi connectivity index (χ4v) is 3.27. The van der Waals surface area contributed by atoms with Crippen LogP contribution in [-0.2, 0) is 15.3 Å². The molecule has 1 fully saturated rings. The molecule has 0 amide bonds. The van der Waals surface area contributed by atoms with Crippen molar-refractivity contribution in [2.45, 2.75) is 18.1 Å². The quantitative estimate of drug-likeness (QED) is 0.758. The zero-order chi connectivity index (χ0) is 15.4. The number of halogens is 2. The molecule has 0 N–H and O–H groups in total. The van der Waals surface area contributed by atoms with E-state index in [1.165, 1.54) is 12.1 Å². The van der Waals surface area contributed by atoms with Crippen LogP contribution in [0.5, 0.6) is 0 Å². The first-order valence-electron chi connectivity index (χ1n) is 7.41. The first-order valence-corrected chi connectivity index (χ1v) is 7.94. The lowest BCUT2D eigenvalue weighted by molar-refractivity contribution is -0.185. The van der Waals surface area contributed by atoms with Gasteiger partial charge in [0.2, 0.25) is 5.79 Å². The summed E-state index contributed by atoms with van der Waals surface area (Å²) in [5.41, 5.74) is 1.93. The molecule has 1 saturated heterocycles. The van der Waals surface area contributed by atoms with E-state index < -0.39 is 5.79 Å². The predicted octanol–water partition coefficient (Wildman–Crippen LogP) is 4.44. The van der Waals surface area contributed by atoms with Crippen molar-refractivity contribution in [3.05, 3.63) is 71.5 Å². The monoisotopic (exact) mass is 320 g/mol. The van der Waals surface area contributed by atoms with Crippen molar-refractivity contribution in [3.63, 3.8) is 0 Å². The molecule has 0 aliphatic carbocycles. The third-order valence-corrected chi connectivity index (χ3v) is 4.24. The fraction of sp³-hybridized carbons (Fsp3) is 0.333. The summed E-state index contributed by atoms with van der Waals surface area (Å²) < 4.78 is 25.3. The summed E-state index contributed by atoms with van der Waals surface area (Å²) in [7, 11) is 0. The smallest absolute Gasteiger partial charge is 0.202 e. The highest BCUT2D eigenvalue weighted by Gasteiger charge is 2.46. The molecule has 1 unspecified atom stereocenters. The van der Waals surface area contributed by atoms with E-state index in [4.69, 9.17) is 21.1 Å². The highest BCUT2D eigenvalue weighted by molar-refractivity contribution is 6.17. The molecule has 1 aliphatic heterocycles. The highest BCUT2D eigenvalue weighted by Crippen LogP contribution is 2.46. The molecule has 116 valence electrons. The minimum atomic E-state index is -0.853. The maximum absolute atomic E-state index is 13.2. The lowest BCUT2D eigenvalue weighted by atomic mass is 9.83. The molecule has 3 rings (SSSR count). The standard InChI is InChI=1S/C18H18ClFO2/c19-11-10-17(14-6-8-16(20)9-7-14)18(21-12-13-22-18)15-4-2-1-3-5-15/h1-9,17H,10-13H2. The molecule has 2 nitrogen and oxygen atoms in total. The number of alkyl halides is 1. The largest absolute Gasteiger partial charge is 0.343 e. The van der Waals surface area contributed by atoms with Crippen LogP contribution in [0.1, 0.15) is 23.5 Å². The molecule has 1 atom stereocenters. The molecule has 1 aliphatic rings. The molecule has 1 heterocycles. The van der Waals surface area contributed by atoms with E-state index in [1.807, 2.05) is 30.3 Å². The Balaban J connectivity index is 2.05. The number of hydrogen-bond donors (Lipinski definition) is 0. The van der Waals surface area contributed by atoms with Gasteiger partial charge in [0.1, 0.15) is 5.82 Å². The van der Waals surface area contributed by atoms with Crippen LogP contribution in [0.2, 0.25) is 0 Å². The average molecular weight is 321 g/mol. The number of benzene rings is 2. The van der Waals surface area contributed by atoms with Gasteiger partial charge in [0, 0.05) is 17.4 Å². The second kappa shape index (κ2) is 6.78. The Hall–Kier alpha value is -1.42. The van der Waals surface area contributed by atoms with Crippen LogP contribution in [0.15, 0.2) is 54.6 Å². The molecule has 2 aromatic carbocycles. The van der Waals surface area contributed by atoms with Gasteiger partial charge < -0.3 is 9.47 Å². The van der Waals surface area contributed by atoms with Gasteiger partial charge in [0.25, 0.3) is 0 Å². The summed E-state index contributed by atoms with van der Waals surface area (Å²) in [6.45, 7) is 1.07. The van der Waals surface area contributed by atoms with E-state index in [9.17, 15) is 4.39 Å². The van der Waals surface area contributed by atoms with E-state index in [1.54, 1.807) is 12.1 Å². The minimum absolute atomic E-state index is 0.0875.